The van der Waals surface area contributed by atoms with Crippen LogP contribution in [0.5, 0.6) is 5.75 Å². The number of hydrogen-bond acceptors (Lipinski definition) is 9. The van der Waals surface area contributed by atoms with Gasteiger partial charge in [-0.2, -0.15) is 4.89 Å². The molecule has 2 heterocycles. The smallest absolute Gasteiger partial charge is 0.335 e. The van der Waals surface area contributed by atoms with Crippen LogP contribution in [-0.2, 0) is 29.8 Å². The van der Waals surface area contributed by atoms with Gasteiger partial charge in [0.1, 0.15) is 24.1 Å². The molecular formula is C25H31ClO10. The Balaban J connectivity index is 1.23. The Bertz CT molecular complexity index is 1000. The van der Waals surface area contributed by atoms with Crippen molar-refractivity contribution in [3.8, 4) is 5.75 Å². The molecule has 0 radical (unpaired) electrons. The molecule has 11 heteroatoms. The molecule has 0 spiro atoms. The van der Waals surface area contributed by atoms with Crippen molar-refractivity contribution in [2.75, 3.05) is 7.11 Å². The van der Waals surface area contributed by atoms with Gasteiger partial charge in [0.2, 0.25) is 6.29 Å². The van der Waals surface area contributed by atoms with Crippen LogP contribution in [0.1, 0.15) is 37.7 Å². The van der Waals surface area contributed by atoms with Crippen LogP contribution in [0.4, 0.5) is 0 Å². The number of aliphatic hydroxyl groups excluding tert-OH is 3. The highest BCUT2D eigenvalue weighted by Crippen LogP contribution is 2.64. The zero-order chi connectivity index (χ0) is 25.4. The van der Waals surface area contributed by atoms with Crippen LogP contribution >= 0.6 is 11.6 Å². The monoisotopic (exact) mass is 526 g/mol. The summed E-state index contributed by atoms with van der Waals surface area (Å²) in [6.07, 6.45) is -3.54. The van der Waals surface area contributed by atoms with E-state index < -0.39 is 42.5 Å². The second kappa shape index (κ2) is 8.78. The molecular weight excluding hydrogens is 496 g/mol. The zero-order valence-electron chi connectivity index (χ0n) is 19.7. The average molecular weight is 527 g/mol. The maximum Gasteiger partial charge on any atom is 0.335 e. The van der Waals surface area contributed by atoms with Crippen LogP contribution in [-0.4, -0.2) is 75.2 Å². The van der Waals surface area contributed by atoms with Gasteiger partial charge >= 0.3 is 5.97 Å². The fourth-order valence-electron chi connectivity index (χ4n) is 7.52. The first kappa shape index (κ1) is 24.8. The van der Waals surface area contributed by atoms with Gasteiger partial charge in [0.25, 0.3) is 5.79 Å². The van der Waals surface area contributed by atoms with Crippen molar-refractivity contribution in [3.05, 3.63) is 29.8 Å². The molecule has 1 aromatic carbocycles. The maximum atomic E-state index is 11.4. The Hall–Kier alpha value is -1.50. The molecule has 4 bridgehead atoms. The number of ether oxygens (including phenoxy) is 3. The van der Waals surface area contributed by atoms with Crippen molar-refractivity contribution < 1.29 is 49.2 Å². The molecule has 2 saturated heterocycles. The topological polar surface area (TPSA) is 144 Å². The number of carbonyl (C=O) groups is 1. The number of methoxy groups -OCH3 is 1. The van der Waals surface area contributed by atoms with Crippen LogP contribution in [0.15, 0.2) is 24.3 Å². The van der Waals surface area contributed by atoms with Crippen LogP contribution in [0.3, 0.4) is 0 Å². The summed E-state index contributed by atoms with van der Waals surface area (Å²) < 4.78 is 16.9. The molecule has 0 amide bonds. The lowest BCUT2D eigenvalue weighted by molar-refractivity contribution is -0.591. The first-order valence-corrected chi connectivity index (χ1v) is 12.8. The number of halogens is 1. The van der Waals surface area contributed by atoms with Gasteiger partial charge in [-0.15, -0.1) is 11.6 Å². The number of rotatable bonds is 6. The summed E-state index contributed by atoms with van der Waals surface area (Å²) in [4.78, 5) is 22.7. The van der Waals surface area contributed by atoms with Crippen LogP contribution < -0.4 is 4.74 Å². The summed E-state index contributed by atoms with van der Waals surface area (Å²) in [6.45, 7) is 0. The summed E-state index contributed by atoms with van der Waals surface area (Å²) in [7, 11) is 1.56. The van der Waals surface area contributed by atoms with E-state index in [0.717, 1.165) is 32.1 Å². The van der Waals surface area contributed by atoms with Gasteiger partial charge in [-0.3, -0.25) is 0 Å². The van der Waals surface area contributed by atoms with E-state index in [-0.39, 0.29) is 22.6 Å². The van der Waals surface area contributed by atoms with Crippen LogP contribution in [0.2, 0.25) is 0 Å². The molecule has 4 N–H and O–H groups in total. The van der Waals surface area contributed by atoms with E-state index in [2.05, 4.69) is 0 Å². The van der Waals surface area contributed by atoms with E-state index in [1.807, 2.05) is 6.07 Å². The number of carboxylic acid groups (broad SMARTS) is 1. The SMILES string of the molecule is COC1(c2cccc(O[C@@H]3O[C@H](C(=O)O)[C@@H](O)[C@H](O)[C@H]3O)c2)OOC1C1[C@@H]2CC3C[C@H]1CC(Cl)(C3)C2. The lowest BCUT2D eigenvalue weighted by atomic mass is 9.49. The van der Waals surface area contributed by atoms with Gasteiger partial charge < -0.3 is 34.6 Å². The number of aliphatic hydroxyl groups is 3. The van der Waals surface area contributed by atoms with Crippen molar-refractivity contribution in [2.45, 2.75) is 79.6 Å². The van der Waals surface area contributed by atoms with Gasteiger partial charge in [-0.05, 0) is 67.9 Å². The average Bonchev–Trinajstić information content (AvgIpc) is 2.80. The predicted octanol–water partition coefficient (Wildman–Crippen LogP) is 1.52. The fraction of sp³-hybridized carbons (Fsp3) is 0.720. The zero-order valence-corrected chi connectivity index (χ0v) is 20.5. The minimum Gasteiger partial charge on any atom is -0.479 e. The molecule has 5 unspecified atom stereocenters. The third kappa shape index (κ3) is 3.77. The highest BCUT2D eigenvalue weighted by Gasteiger charge is 2.65. The number of carboxylic acids is 1. The van der Waals surface area contributed by atoms with E-state index in [9.17, 15) is 25.2 Å². The predicted molar refractivity (Wildman–Crippen MR) is 122 cm³/mol. The molecule has 4 aliphatic carbocycles. The second-order valence-corrected chi connectivity index (χ2v) is 11.9. The van der Waals surface area contributed by atoms with Gasteiger partial charge in [0, 0.05) is 17.5 Å². The van der Waals surface area contributed by atoms with E-state index >= 15 is 0 Å². The summed E-state index contributed by atoms with van der Waals surface area (Å²) in [5, 5.41) is 39.6. The van der Waals surface area contributed by atoms with Crippen molar-refractivity contribution >= 4 is 17.6 Å². The quantitative estimate of drug-likeness (QED) is 0.318. The second-order valence-electron chi connectivity index (χ2n) is 11.1. The van der Waals surface area contributed by atoms with Crippen molar-refractivity contribution in [3.63, 3.8) is 0 Å². The van der Waals surface area contributed by atoms with E-state index in [0.29, 0.717) is 23.3 Å². The number of benzene rings is 1. The minimum absolute atomic E-state index is 0.103. The Kier molecular flexibility index (Phi) is 6.05. The Morgan fingerprint density at radius 3 is 2.39 bits per heavy atom. The molecule has 12 atom stereocenters. The lowest BCUT2D eigenvalue weighted by Gasteiger charge is -2.62. The van der Waals surface area contributed by atoms with E-state index in [4.69, 9.17) is 35.6 Å². The summed E-state index contributed by atoms with van der Waals surface area (Å²) >= 11 is 6.94. The standard InChI is InChI=1S/C25H31ClO10/c1-32-25(21(35-36-25)16-12-5-11-6-13(16)10-24(26,8-11)9-12)14-3-2-4-15(7-14)33-23-19(29)17(27)18(28)20(34-23)22(30)31/h2-4,7,11-13,16-21,23,27-29H,5-6,8-10H2,1H3,(H,30,31)/t11?,12-,13+,16?,17-,18-,19+,20-,21?,23+,24?,25?/m0/s1. The molecule has 0 aromatic heterocycles. The summed E-state index contributed by atoms with van der Waals surface area (Å²) in [5.74, 6) is -0.637. The van der Waals surface area contributed by atoms with Gasteiger partial charge in [0.05, 0.1) is 0 Å². The summed E-state index contributed by atoms with van der Waals surface area (Å²) in [5.41, 5.74) is 0.633. The van der Waals surface area contributed by atoms with Crippen molar-refractivity contribution in [1.29, 1.82) is 0 Å². The van der Waals surface area contributed by atoms with E-state index in [1.165, 1.54) is 0 Å². The minimum atomic E-state index is -1.80. The number of hydrogen-bond donors (Lipinski definition) is 4. The Morgan fingerprint density at radius 2 is 1.81 bits per heavy atom. The molecule has 36 heavy (non-hydrogen) atoms. The summed E-state index contributed by atoms with van der Waals surface area (Å²) in [6, 6.07) is 6.79. The fourth-order valence-corrected chi connectivity index (χ4v) is 8.13. The van der Waals surface area contributed by atoms with Crippen LogP contribution in [0.25, 0.3) is 0 Å². The van der Waals surface area contributed by atoms with Gasteiger partial charge in [-0.25, -0.2) is 9.68 Å². The molecule has 6 aliphatic rings. The lowest BCUT2D eigenvalue weighted by Crippen LogP contribution is -2.65. The Labute approximate surface area is 212 Å². The molecule has 4 saturated carbocycles. The number of aliphatic carboxylic acids is 1. The molecule has 6 fully saturated rings. The maximum absolute atomic E-state index is 11.4. The first-order chi connectivity index (χ1) is 17.1. The van der Waals surface area contributed by atoms with Crippen molar-refractivity contribution in [2.24, 2.45) is 23.7 Å². The molecule has 198 valence electrons. The molecule has 2 aliphatic heterocycles. The van der Waals surface area contributed by atoms with Gasteiger partial charge in [0.15, 0.2) is 12.2 Å². The highest BCUT2D eigenvalue weighted by molar-refractivity contribution is 6.24. The Morgan fingerprint density at radius 1 is 1.08 bits per heavy atom. The normalized spacial score (nSPS) is 49.5. The van der Waals surface area contributed by atoms with Gasteiger partial charge in [-0.1, -0.05) is 12.1 Å². The molecule has 1 aromatic rings. The van der Waals surface area contributed by atoms with Crippen LogP contribution in [0, 0.1) is 23.7 Å². The molecule has 10 nitrogen and oxygen atoms in total. The van der Waals surface area contributed by atoms with E-state index in [1.54, 1.807) is 25.3 Å². The third-order valence-corrected chi connectivity index (χ3v) is 9.34. The largest absolute Gasteiger partial charge is 0.479 e. The third-order valence-electron chi connectivity index (χ3n) is 8.88. The number of alkyl halides is 1. The molecule has 7 rings (SSSR count). The highest BCUT2D eigenvalue weighted by atomic mass is 35.5. The first-order valence-electron chi connectivity index (χ1n) is 12.4. The van der Waals surface area contributed by atoms with Crippen molar-refractivity contribution in [1.82, 2.24) is 0 Å².